The molecule has 0 spiro atoms. The lowest BCUT2D eigenvalue weighted by atomic mass is 9.97. The number of nitrogens with one attached hydrogen (secondary N) is 1. The largest absolute Gasteiger partial charge is 0.346 e. The van der Waals surface area contributed by atoms with Gasteiger partial charge in [0, 0.05) is 36.4 Å². The van der Waals surface area contributed by atoms with Crippen LogP contribution in [0.1, 0.15) is 31.9 Å². The van der Waals surface area contributed by atoms with Gasteiger partial charge in [-0.05, 0) is 46.1 Å². The Labute approximate surface area is 184 Å². The Morgan fingerprint density at radius 1 is 1.19 bits per heavy atom. The maximum atomic E-state index is 14.0. The number of alkyl halides is 3. The van der Waals surface area contributed by atoms with E-state index >= 15 is 0 Å². The lowest BCUT2D eigenvalue weighted by Crippen LogP contribution is -2.39. The average molecular weight is 445 g/mol. The van der Waals surface area contributed by atoms with Crippen LogP contribution in [0.5, 0.6) is 0 Å². The Bertz CT molecular complexity index is 1140. The maximum absolute atomic E-state index is 14.0. The number of fused-ring (bicyclic) bond motifs is 2. The standard InChI is InChI=1S/C22H26F3N7/c1-12(23)18(11-31(3)4)29-22-26-10-19-14(7-8-32(19)30-22)16-5-6-17-21(28-16)15(9-20(24)25)13(2)27-17/h5-8,10,12,15,18,20H,9,11H2,1-4H3,(H,29,30)/t12-,15?,18-/m0/s1. The highest BCUT2D eigenvalue weighted by atomic mass is 19.3. The SMILES string of the molecule is CC1=Nc2ccc(-c3ccn4nc(N[C@@H](CN(C)C)[C@H](C)F)ncc34)nc2C1CC(F)F. The number of nitrogens with zero attached hydrogens (tertiary/aromatic N) is 6. The number of pyridine rings is 1. The van der Waals surface area contributed by atoms with E-state index in [2.05, 4.69) is 25.4 Å². The molecule has 3 atom stereocenters. The number of hydrogen-bond donors (Lipinski definition) is 1. The topological polar surface area (TPSA) is 70.7 Å². The van der Waals surface area contributed by atoms with Gasteiger partial charge < -0.3 is 10.2 Å². The summed E-state index contributed by atoms with van der Waals surface area (Å²) in [5, 5.41) is 7.50. The fraction of sp³-hybridized carbons (Fsp3) is 0.455. The molecule has 4 rings (SSSR count). The lowest BCUT2D eigenvalue weighted by molar-refractivity contribution is 0.135. The van der Waals surface area contributed by atoms with Crippen molar-refractivity contribution in [2.75, 3.05) is 26.0 Å². The van der Waals surface area contributed by atoms with Crippen molar-refractivity contribution < 1.29 is 13.2 Å². The van der Waals surface area contributed by atoms with Crippen molar-refractivity contribution in [3.05, 3.63) is 36.3 Å². The first-order valence-corrected chi connectivity index (χ1v) is 10.5. The van der Waals surface area contributed by atoms with Gasteiger partial charge >= 0.3 is 0 Å². The zero-order chi connectivity index (χ0) is 23.0. The summed E-state index contributed by atoms with van der Waals surface area (Å²) < 4.78 is 41.7. The second-order valence-electron chi connectivity index (χ2n) is 8.37. The second-order valence-corrected chi connectivity index (χ2v) is 8.37. The number of hydrogen-bond acceptors (Lipinski definition) is 6. The zero-order valence-electron chi connectivity index (χ0n) is 18.4. The molecule has 0 saturated heterocycles. The van der Waals surface area contributed by atoms with Crippen LogP contribution in [-0.2, 0) is 0 Å². The van der Waals surface area contributed by atoms with E-state index in [0.29, 0.717) is 40.8 Å². The van der Waals surface area contributed by atoms with E-state index < -0.39 is 24.6 Å². The Balaban J connectivity index is 1.63. The van der Waals surface area contributed by atoms with Crippen LogP contribution in [0.4, 0.5) is 24.8 Å². The first kappa shape index (κ1) is 22.2. The summed E-state index contributed by atoms with van der Waals surface area (Å²) in [6.45, 7) is 3.75. The van der Waals surface area contributed by atoms with Crippen LogP contribution < -0.4 is 5.32 Å². The molecule has 4 heterocycles. The average Bonchev–Trinajstić information content (AvgIpc) is 3.27. The summed E-state index contributed by atoms with van der Waals surface area (Å²) in [7, 11) is 3.75. The highest BCUT2D eigenvalue weighted by Crippen LogP contribution is 2.39. The van der Waals surface area contributed by atoms with Crippen molar-refractivity contribution in [3.63, 3.8) is 0 Å². The van der Waals surface area contributed by atoms with E-state index in [1.165, 1.54) is 6.92 Å². The van der Waals surface area contributed by atoms with Gasteiger partial charge in [0.1, 0.15) is 6.17 Å². The monoisotopic (exact) mass is 445 g/mol. The van der Waals surface area contributed by atoms with E-state index in [1.807, 2.05) is 31.1 Å². The highest BCUT2D eigenvalue weighted by molar-refractivity contribution is 5.96. The van der Waals surface area contributed by atoms with Gasteiger partial charge in [-0.15, -0.1) is 5.10 Å². The third-order valence-electron chi connectivity index (χ3n) is 5.57. The molecular formula is C22H26F3N7. The molecule has 1 unspecified atom stereocenters. The number of rotatable bonds is 8. The van der Waals surface area contributed by atoms with E-state index in [1.54, 1.807) is 29.9 Å². The molecule has 3 aromatic rings. The fourth-order valence-electron chi connectivity index (χ4n) is 3.94. The van der Waals surface area contributed by atoms with Crippen molar-refractivity contribution >= 4 is 22.9 Å². The number of halogens is 3. The van der Waals surface area contributed by atoms with Crippen LogP contribution in [0.25, 0.3) is 16.8 Å². The third-order valence-corrected chi connectivity index (χ3v) is 5.57. The van der Waals surface area contributed by atoms with Crippen LogP contribution in [0.3, 0.4) is 0 Å². The minimum Gasteiger partial charge on any atom is -0.346 e. The van der Waals surface area contributed by atoms with E-state index in [0.717, 1.165) is 5.56 Å². The second kappa shape index (κ2) is 8.85. The Kier molecular flexibility index (Phi) is 6.14. The Hall–Kier alpha value is -3.01. The van der Waals surface area contributed by atoms with Gasteiger partial charge in [-0.25, -0.2) is 27.7 Å². The molecule has 7 nitrogen and oxygen atoms in total. The lowest BCUT2D eigenvalue weighted by Gasteiger charge is -2.23. The normalized spacial score (nSPS) is 17.7. The summed E-state index contributed by atoms with van der Waals surface area (Å²) in [6.07, 6.45) is -0.397. The predicted molar refractivity (Wildman–Crippen MR) is 119 cm³/mol. The van der Waals surface area contributed by atoms with E-state index in [4.69, 9.17) is 0 Å². The Morgan fingerprint density at radius 3 is 2.66 bits per heavy atom. The molecular weight excluding hydrogens is 419 g/mol. The van der Waals surface area contributed by atoms with Crippen LogP contribution in [0.2, 0.25) is 0 Å². The summed E-state index contributed by atoms with van der Waals surface area (Å²) in [5.74, 6) is -0.166. The van der Waals surface area contributed by atoms with Gasteiger partial charge in [-0.1, -0.05) is 0 Å². The molecule has 0 aromatic carbocycles. The molecule has 1 aliphatic heterocycles. The number of likely N-dealkylation sites (N-methyl/N-ethyl adjacent to an activating group) is 1. The summed E-state index contributed by atoms with van der Waals surface area (Å²) in [6, 6.07) is 5.02. The molecule has 0 aliphatic carbocycles. The molecule has 170 valence electrons. The maximum Gasteiger partial charge on any atom is 0.241 e. The molecule has 1 aliphatic rings. The van der Waals surface area contributed by atoms with Crippen LogP contribution in [-0.4, -0.2) is 69.5 Å². The van der Waals surface area contributed by atoms with Gasteiger partial charge in [0.05, 0.1) is 34.8 Å². The minimum absolute atomic E-state index is 0.297. The number of aliphatic imine (C=N–C) groups is 1. The van der Waals surface area contributed by atoms with Gasteiger partial charge in [0.15, 0.2) is 0 Å². The van der Waals surface area contributed by atoms with Crippen molar-refractivity contribution in [2.45, 2.75) is 44.8 Å². The molecule has 3 aromatic heterocycles. The van der Waals surface area contributed by atoms with Gasteiger partial charge in [-0.3, -0.25) is 4.99 Å². The minimum atomic E-state index is -2.43. The van der Waals surface area contributed by atoms with Gasteiger partial charge in [0.2, 0.25) is 12.4 Å². The van der Waals surface area contributed by atoms with Crippen LogP contribution >= 0.6 is 0 Å². The van der Waals surface area contributed by atoms with E-state index in [9.17, 15) is 13.2 Å². The molecule has 0 bridgehead atoms. The van der Waals surface area contributed by atoms with E-state index in [-0.39, 0.29) is 6.42 Å². The van der Waals surface area contributed by atoms with Crippen molar-refractivity contribution in [3.8, 4) is 11.3 Å². The third kappa shape index (κ3) is 4.45. The first-order chi connectivity index (χ1) is 15.2. The van der Waals surface area contributed by atoms with Crippen molar-refractivity contribution in [2.24, 2.45) is 4.99 Å². The first-order valence-electron chi connectivity index (χ1n) is 10.5. The fourth-order valence-corrected chi connectivity index (χ4v) is 3.94. The smallest absolute Gasteiger partial charge is 0.241 e. The molecule has 10 heteroatoms. The Morgan fingerprint density at radius 2 is 1.97 bits per heavy atom. The van der Waals surface area contributed by atoms with Crippen LogP contribution in [0.15, 0.2) is 35.6 Å². The van der Waals surface area contributed by atoms with Crippen LogP contribution in [0, 0.1) is 0 Å². The van der Waals surface area contributed by atoms with Crippen molar-refractivity contribution in [1.29, 1.82) is 0 Å². The molecule has 32 heavy (non-hydrogen) atoms. The molecule has 0 radical (unpaired) electrons. The molecule has 0 saturated carbocycles. The van der Waals surface area contributed by atoms with Gasteiger partial charge in [-0.2, -0.15) is 0 Å². The molecule has 1 N–H and O–H groups in total. The molecule has 0 fully saturated rings. The summed E-state index contributed by atoms with van der Waals surface area (Å²) in [4.78, 5) is 15.3. The predicted octanol–water partition coefficient (Wildman–Crippen LogP) is 4.34. The van der Waals surface area contributed by atoms with Crippen molar-refractivity contribution in [1.82, 2.24) is 24.5 Å². The number of anilines is 1. The molecule has 0 amide bonds. The van der Waals surface area contributed by atoms with Gasteiger partial charge in [0.25, 0.3) is 0 Å². The highest BCUT2D eigenvalue weighted by Gasteiger charge is 2.29. The number of aromatic nitrogens is 4. The summed E-state index contributed by atoms with van der Waals surface area (Å²) >= 11 is 0. The summed E-state index contributed by atoms with van der Waals surface area (Å²) in [5.41, 5.74) is 3.99. The zero-order valence-corrected chi connectivity index (χ0v) is 18.4. The quantitative estimate of drug-likeness (QED) is 0.559.